The number of fused-ring (bicyclic) bond motifs is 1. The fourth-order valence-corrected chi connectivity index (χ4v) is 5.69. The molecule has 3 rings (SSSR count). The van der Waals surface area contributed by atoms with Crippen molar-refractivity contribution in [2.24, 2.45) is 0 Å². The molecule has 2 aromatic rings. The van der Waals surface area contributed by atoms with Crippen LogP contribution in [0, 0.1) is 13.8 Å². The molecule has 1 aliphatic rings. The molecule has 120 valence electrons. The average Bonchev–Trinajstić information content (AvgIpc) is 2.68. The summed E-state index contributed by atoms with van der Waals surface area (Å²) in [6, 6.07) is 9.46. The molecule has 7 heteroatoms. The topological polar surface area (TPSA) is 49.4 Å². The van der Waals surface area contributed by atoms with Crippen LogP contribution in [0.15, 0.2) is 35.2 Å². The molecule has 0 bridgehead atoms. The number of hydrogen-bond acceptors (Lipinski definition) is 4. The number of hydrogen-bond donors (Lipinski definition) is 1. The second kappa shape index (κ2) is 6.58. The molecule has 1 aromatic carbocycles. The predicted octanol–water partition coefficient (Wildman–Crippen LogP) is 3.09. The van der Waals surface area contributed by atoms with Gasteiger partial charge in [-0.3, -0.25) is 4.31 Å². The molecule has 4 nitrogen and oxygen atoms in total. The van der Waals surface area contributed by atoms with E-state index in [4.69, 9.17) is 0 Å². The molecular weight excluding hydrogens is 340 g/mol. The molecule has 0 saturated carbocycles. The van der Waals surface area contributed by atoms with Gasteiger partial charge in [-0.25, -0.2) is 8.42 Å². The van der Waals surface area contributed by atoms with E-state index in [0.29, 0.717) is 24.5 Å². The lowest BCUT2D eigenvalue weighted by Crippen LogP contribution is -2.34. The van der Waals surface area contributed by atoms with Gasteiger partial charge in [0.2, 0.25) is 0 Å². The highest BCUT2D eigenvalue weighted by atomic mass is 35.5. The minimum absolute atomic E-state index is 0. The zero-order chi connectivity index (χ0) is 15.0. The summed E-state index contributed by atoms with van der Waals surface area (Å²) in [5.41, 5.74) is 1.80. The maximum Gasteiger partial charge on any atom is 0.265 e. The van der Waals surface area contributed by atoms with E-state index >= 15 is 0 Å². The first kappa shape index (κ1) is 17.3. The van der Waals surface area contributed by atoms with E-state index in [0.717, 1.165) is 21.0 Å². The number of benzene rings is 1. The summed E-state index contributed by atoms with van der Waals surface area (Å²) in [6.45, 7) is 5.61. The van der Waals surface area contributed by atoms with Crippen molar-refractivity contribution in [2.75, 3.05) is 17.4 Å². The first-order valence-corrected chi connectivity index (χ1v) is 9.14. The van der Waals surface area contributed by atoms with Crippen LogP contribution >= 0.6 is 23.7 Å². The van der Waals surface area contributed by atoms with Gasteiger partial charge < -0.3 is 5.32 Å². The van der Waals surface area contributed by atoms with Gasteiger partial charge in [0.05, 0.1) is 5.69 Å². The molecule has 1 aromatic heterocycles. The molecule has 0 atom stereocenters. The highest BCUT2D eigenvalue weighted by Gasteiger charge is 2.29. The van der Waals surface area contributed by atoms with Crippen LogP contribution in [0.3, 0.4) is 0 Å². The van der Waals surface area contributed by atoms with Crippen LogP contribution in [0.25, 0.3) is 0 Å². The minimum Gasteiger partial charge on any atom is -0.311 e. The largest absolute Gasteiger partial charge is 0.311 e. The quantitative estimate of drug-likeness (QED) is 0.897. The van der Waals surface area contributed by atoms with Crippen LogP contribution in [0.5, 0.6) is 0 Å². The average molecular weight is 359 g/mol. The lowest BCUT2D eigenvalue weighted by Gasteiger charge is -2.24. The number of thiophene rings is 1. The number of sulfonamides is 1. The van der Waals surface area contributed by atoms with Gasteiger partial charge in [0.1, 0.15) is 4.90 Å². The Hall–Kier alpha value is -1.08. The van der Waals surface area contributed by atoms with Crippen molar-refractivity contribution < 1.29 is 8.42 Å². The van der Waals surface area contributed by atoms with Gasteiger partial charge in [-0.15, -0.1) is 23.7 Å². The van der Waals surface area contributed by atoms with Crippen LogP contribution in [-0.2, 0) is 16.6 Å². The van der Waals surface area contributed by atoms with E-state index < -0.39 is 10.0 Å². The van der Waals surface area contributed by atoms with Crippen molar-refractivity contribution in [1.82, 2.24) is 5.32 Å². The molecule has 0 fully saturated rings. The standard InChI is InChI=1S/C15H18N2O2S2.ClH/c1-11-9-15(12(2)20-11)21(18,19)17-8-7-16-10-13-5-3-4-6-14(13)17;/h3-6,9,16H,7-8,10H2,1-2H3;1H. The summed E-state index contributed by atoms with van der Waals surface area (Å²) in [7, 11) is -3.50. The Morgan fingerprint density at radius 2 is 1.95 bits per heavy atom. The Morgan fingerprint density at radius 3 is 2.64 bits per heavy atom. The summed E-state index contributed by atoms with van der Waals surface area (Å²) in [5, 5.41) is 3.27. The molecule has 2 heterocycles. The van der Waals surface area contributed by atoms with Gasteiger partial charge in [0, 0.05) is 29.4 Å². The Morgan fingerprint density at radius 1 is 1.23 bits per heavy atom. The van der Waals surface area contributed by atoms with E-state index in [1.54, 1.807) is 6.07 Å². The van der Waals surface area contributed by atoms with E-state index in [-0.39, 0.29) is 12.4 Å². The number of aryl methyl sites for hydroxylation is 2. The van der Waals surface area contributed by atoms with E-state index in [2.05, 4.69) is 5.32 Å². The fourth-order valence-electron chi connectivity index (χ4n) is 2.66. The van der Waals surface area contributed by atoms with E-state index in [9.17, 15) is 8.42 Å². The van der Waals surface area contributed by atoms with Crippen LogP contribution in [0.1, 0.15) is 15.3 Å². The van der Waals surface area contributed by atoms with Crippen LogP contribution < -0.4 is 9.62 Å². The fraction of sp³-hybridized carbons (Fsp3) is 0.333. The van der Waals surface area contributed by atoms with Crippen molar-refractivity contribution >= 4 is 39.5 Å². The van der Waals surface area contributed by atoms with Gasteiger partial charge in [-0.05, 0) is 31.5 Å². The highest BCUT2D eigenvalue weighted by molar-refractivity contribution is 7.93. The molecule has 1 N–H and O–H groups in total. The summed E-state index contributed by atoms with van der Waals surface area (Å²) in [6.07, 6.45) is 0. The minimum atomic E-state index is -3.50. The van der Waals surface area contributed by atoms with Crippen molar-refractivity contribution in [3.63, 3.8) is 0 Å². The molecule has 0 radical (unpaired) electrons. The molecule has 0 spiro atoms. The molecule has 0 aliphatic carbocycles. The van der Waals surface area contributed by atoms with Gasteiger partial charge in [0.25, 0.3) is 10.0 Å². The number of rotatable bonds is 2. The third-order valence-corrected chi connectivity index (χ3v) is 6.67. The molecule has 22 heavy (non-hydrogen) atoms. The van der Waals surface area contributed by atoms with Crippen molar-refractivity contribution in [3.05, 3.63) is 45.6 Å². The second-order valence-electron chi connectivity index (χ2n) is 5.16. The van der Waals surface area contributed by atoms with Crippen LogP contribution in [-0.4, -0.2) is 21.5 Å². The molecular formula is C15H19ClN2O2S2. The number of nitrogens with zero attached hydrogens (tertiary/aromatic N) is 1. The molecule has 1 aliphatic heterocycles. The third-order valence-electron chi connectivity index (χ3n) is 3.63. The normalized spacial score (nSPS) is 14.9. The lowest BCUT2D eigenvalue weighted by atomic mass is 10.2. The van der Waals surface area contributed by atoms with Gasteiger partial charge in [0.15, 0.2) is 0 Å². The SMILES string of the molecule is Cc1cc(S(=O)(=O)N2CCNCc3ccccc32)c(C)s1.Cl. The summed E-state index contributed by atoms with van der Waals surface area (Å²) in [4.78, 5) is 2.30. The Kier molecular flexibility index (Phi) is 5.17. The van der Waals surface area contributed by atoms with Crippen LogP contribution in [0.2, 0.25) is 0 Å². The molecule has 0 unspecified atom stereocenters. The zero-order valence-electron chi connectivity index (χ0n) is 12.5. The number of nitrogens with one attached hydrogen (secondary N) is 1. The number of para-hydroxylation sites is 1. The second-order valence-corrected chi connectivity index (χ2v) is 8.45. The van der Waals surface area contributed by atoms with Crippen molar-refractivity contribution in [2.45, 2.75) is 25.3 Å². The molecule has 0 saturated heterocycles. The lowest BCUT2D eigenvalue weighted by molar-refractivity contribution is 0.589. The molecule has 0 amide bonds. The van der Waals surface area contributed by atoms with E-state index in [1.807, 2.05) is 38.1 Å². The maximum atomic E-state index is 13.0. The van der Waals surface area contributed by atoms with Crippen LogP contribution in [0.4, 0.5) is 5.69 Å². The van der Waals surface area contributed by atoms with Crippen molar-refractivity contribution in [1.29, 1.82) is 0 Å². The van der Waals surface area contributed by atoms with Crippen molar-refractivity contribution in [3.8, 4) is 0 Å². The van der Waals surface area contributed by atoms with Gasteiger partial charge in [-0.1, -0.05) is 18.2 Å². The van der Waals surface area contributed by atoms with Gasteiger partial charge in [-0.2, -0.15) is 0 Å². The summed E-state index contributed by atoms with van der Waals surface area (Å²) < 4.78 is 27.6. The number of anilines is 1. The van der Waals surface area contributed by atoms with E-state index in [1.165, 1.54) is 15.6 Å². The maximum absolute atomic E-state index is 13.0. The monoisotopic (exact) mass is 358 g/mol. The first-order valence-electron chi connectivity index (χ1n) is 6.88. The summed E-state index contributed by atoms with van der Waals surface area (Å²) >= 11 is 1.53. The first-order chi connectivity index (χ1) is 10.00. The highest BCUT2D eigenvalue weighted by Crippen LogP contribution is 2.32. The third kappa shape index (κ3) is 3.01. The van der Waals surface area contributed by atoms with Gasteiger partial charge >= 0.3 is 0 Å². The Labute approximate surface area is 141 Å². The smallest absolute Gasteiger partial charge is 0.265 e. The Balaban J connectivity index is 0.00000176. The predicted molar refractivity (Wildman–Crippen MR) is 93.7 cm³/mol. The Bertz CT molecular complexity index is 772. The zero-order valence-corrected chi connectivity index (χ0v) is 14.9. The number of halogens is 1. The summed E-state index contributed by atoms with van der Waals surface area (Å²) in [5.74, 6) is 0.